The number of carbonyl (C=O) groups is 1. The molecule has 146 valence electrons. The van der Waals surface area contributed by atoms with Crippen molar-refractivity contribution in [1.82, 2.24) is 25.0 Å². The van der Waals surface area contributed by atoms with Gasteiger partial charge in [-0.05, 0) is 6.07 Å². The van der Waals surface area contributed by atoms with Crippen LogP contribution in [0.5, 0.6) is 5.88 Å². The summed E-state index contributed by atoms with van der Waals surface area (Å²) in [6, 6.07) is 2.99. The second-order valence-electron chi connectivity index (χ2n) is 5.96. The maximum Gasteiger partial charge on any atom is 0.471 e. The first kappa shape index (κ1) is 18.3. The first-order valence-electron chi connectivity index (χ1n) is 8.11. The number of ether oxygens (including phenoxy) is 1. The lowest BCUT2D eigenvalue weighted by Crippen LogP contribution is -2.31. The first-order valence-corrected chi connectivity index (χ1v) is 9.06. The van der Waals surface area contributed by atoms with E-state index in [0.717, 1.165) is 0 Å². The van der Waals surface area contributed by atoms with E-state index in [-0.39, 0.29) is 29.3 Å². The van der Waals surface area contributed by atoms with Gasteiger partial charge in [0.25, 0.3) is 5.91 Å². The molecule has 3 aromatic heterocycles. The van der Waals surface area contributed by atoms with Gasteiger partial charge in [-0.25, -0.2) is 9.97 Å². The summed E-state index contributed by atoms with van der Waals surface area (Å²) in [5, 5.41) is 5.00. The summed E-state index contributed by atoms with van der Waals surface area (Å²) in [6.07, 6.45) is -3.00. The molecule has 1 saturated heterocycles. The Labute approximate surface area is 160 Å². The van der Waals surface area contributed by atoms with E-state index >= 15 is 0 Å². The SMILES string of the molecule is O=C(c1cscn1)N1CC[C@@H](Oc2ccc(-c3noc(C(F)(F)F)n3)cn2)C1. The number of amides is 1. The fourth-order valence-corrected chi connectivity index (χ4v) is 3.22. The summed E-state index contributed by atoms with van der Waals surface area (Å²) in [6.45, 7) is 0.946. The number of halogens is 3. The standard InChI is InChI=1S/C16H12F3N5O3S/c17-16(18,19)15-22-13(23-27-15)9-1-2-12(20-5-9)26-10-3-4-24(6-10)14(25)11-7-28-8-21-11/h1-2,5,7-8,10H,3-4,6H2/t10-/m1/s1. The third-order valence-corrected chi connectivity index (χ3v) is 4.62. The predicted octanol–water partition coefficient (Wildman–Crippen LogP) is 2.90. The number of hydrogen-bond donors (Lipinski definition) is 0. The summed E-state index contributed by atoms with van der Waals surface area (Å²) in [5.41, 5.74) is 2.27. The molecule has 0 unspecified atom stereocenters. The van der Waals surface area contributed by atoms with E-state index in [1.165, 1.54) is 29.7 Å². The number of rotatable bonds is 4. The molecule has 4 heterocycles. The second kappa shape index (κ2) is 7.19. The van der Waals surface area contributed by atoms with Gasteiger partial charge in [-0.2, -0.15) is 18.2 Å². The largest absolute Gasteiger partial charge is 0.472 e. The molecule has 3 aromatic rings. The van der Waals surface area contributed by atoms with E-state index in [4.69, 9.17) is 4.74 Å². The minimum Gasteiger partial charge on any atom is -0.472 e. The van der Waals surface area contributed by atoms with E-state index in [1.807, 2.05) is 0 Å². The Balaban J connectivity index is 1.37. The molecular formula is C16H12F3N5O3S. The number of thiazole rings is 1. The van der Waals surface area contributed by atoms with Gasteiger partial charge in [0.2, 0.25) is 11.7 Å². The van der Waals surface area contributed by atoms with Crippen molar-refractivity contribution < 1.29 is 27.2 Å². The number of pyridine rings is 1. The van der Waals surface area contributed by atoms with Crippen molar-refractivity contribution in [3.05, 3.63) is 40.8 Å². The third-order valence-electron chi connectivity index (χ3n) is 4.03. The zero-order valence-electron chi connectivity index (χ0n) is 14.1. The zero-order valence-corrected chi connectivity index (χ0v) is 14.9. The van der Waals surface area contributed by atoms with E-state index in [2.05, 4.69) is 24.6 Å². The van der Waals surface area contributed by atoms with E-state index < -0.39 is 12.1 Å². The molecular weight excluding hydrogens is 399 g/mol. The van der Waals surface area contributed by atoms with Gasteiger partial charge >= 0.3 is 12.1 Å². The summed E-state index contributed by atoms with van der Waals surface area (Å²) in [7, 11) is 0. The molecule has 0 radical (unpaired) electrons. The van der Waals surface area contributed by atoms with Gasteiger partial charge < -0.3 is 14.2 Å². The monoisotopic (exact) mass is 411 g/mol. The number of aromatic nitrogens is 4. The lowest BCUT2D eigenvalue weighted by molar-refractivity contribution is -0.159. The topological polar surface area (TPSA) is 94.2 Å². The number of likely N-dealkylation sites (tertiary alicyclic amines) is 1. The molecule has 0 N–H and O–H groups in total. The molecule has 1 amide bonds. The zero-order chi connectivity index (χ0) is 19.7. The molecule has 1 fully saturated rings. The predicted molar refractivity (Wildman–Crippen MR) is 89.6 cm³/mol. The third kappa shape index (κ3) is 3.81. The van der Waals surface area contributed by atoms with Crippen molar-refractivity contribution in [2.24, 2.45) is 0 Å². The Bertz CT molecular complexity index is 959. The van der Waals surface area contributed by atoms with Crippen LogP contribution in [0.4, 0.5) is 13.2 Å². The number of alkyl halides is 3. The first-order chi connectivity index (χ1) is 13.4. The van der Waals surface area contributed by atoms with E-state index in [0.29, 0.717) is 25.2 Å². The van der Waals surface area contributed by atoms with Gasteiger partial charge in [-0.15, -0.1) is 11.3 Å². The van der Waals surface area contributed by atoms with Gasteiger partial charge in [0.1, 0.15) is 11.8 Å². The van der Waals surface area contributed by atoms with Gasteiger partial charge in [-0.3, -0.25) is 4.79 Å². The minimum atomic E-state index is -4.70. The number of nitrogens with zero attached hydrogens (tertiary/aromatic N) is 5. The highest BCUT2D eigenvalue weighted by atomic mass is 32.1. The molecule has 0 bridgehead atoms. The second-order valence-corrected chi connectivity index (χ2v) is 6.68. The van der Waals surface area contributed by atoms with Crippen LogP contribution in [-0.4, -0.2) is 50.1 Å². The van der Waals surface area contributed by atoms with Crippen LogP contribution in [-0.2, 0) is 6.18 Å². The lowest BCUT2D eigenvalue weighted by atomic mass is 10.2. The lowest BCUT2D eigenvalue weighted by Gasteiger charge is -2.15. The highest BCUT2D eigenvalue weighted by Crippen LogP contribution is 2.29. The van der Waals surface area contributed by atoms with Gasteiger partial charge in [0, 0.05) is 36.2 Å². The Morgan fingerprint density at radius 1 is 1.32 bits per heavy atom. The van der Waals surface area contributed by atoms with Crippen molar-refractivity contribution in [3.8, 4) is 17.3 Å². The Hall–Kier alpha value is -3.02. The summed E-state index contributed by atoms with van der Waals surface area (Å²) < 4.78 is 47.5. The average Bonchev–Trinajstić information content (AvgIpc) is 3.42. The van der Waals surface area contributed by atoms with Crippen LogP contribution in [0.3, 0.4) is 0 Å². The number of hydrogen-bond acceptors (Lipinski definition) is 8. The molecule has 12 heteroatoms. The highest BCUT2D eigenvalue weighted by Gasteiger charge is 2.38. The van der Waals surface area contributed by atoms with Crippen LogP contribution >= 0.6 is 11.3 Å². The van der Waals surface area contributed by atoms with E-state index in [9.17, 15) is 18.0 Å². The molecule has 0 aromatic carbocycles. The molecule has 8 nitrogen and oxygen atoms in total. The van der Waals surface area contributed by atoms with Gasteiger partial charge in [0.05, 0.1) is 12.1 Å². The molecule has 0 saturated carbocycles. The summed E-state index contributed by atoms with van der Waals surface area (Å²) in [4.78, 5) is 25.3. The Kier molecular flexibility index (Phi) is 4.71. The van der Waals surface area contributed by atoms with Crippen LogP contribution < -0.4 is 4.74 Å². The van der Waals surface area contributed by atoms with Crippen LogP contribution in [0.25, 0.3) is 11.4 Å². The van der Waals surface area contributed by atoms with Crippen LogP contribution in [0, 0.1) is 0 Å². The summed E-state index contributed by atoms with van der Waals surface area (Å²) >= 11 is 1.35. The minimum absolute atomic E-state index is 0.145. The normalized spacial score (nSPS) is 17.1. The van der Waals surface area contributed by atoms with Gasteiger partial charge in [0.15, 0.2) is 0 Å². The Morgan fingerprint density at radius 3 is 2.82 bits per heavy atom. The van der Waals surface area contributed by atoms with Crippen molar-refractivity contribution >= 4 is 17.2 Å². The maximum atomic E-state index is 12.5. The summed E-state index contributed by atoms with van der Waals surface area (Å²) in [5.74, 6) is -1.49. The van der Waals surface area contributed by atoms with Crippen LogP contribution in [0.15, 0.2) is 33.7 Å². The molecule has 1 aliphatic rings. The quantitative estimate of drug-likeness (QED) is 0.652. The Morgan fingerprint density at radius 2 is 2.18 bits per heavy atom. The van der Waals surface area contributed by atoms with Crippen LogP contribution in [0.2, 0.25) is 0 Å². The molecule has 1 aliphatic heterocycles. The smallest absolute Gasteiger partial charge is 0.471 e. The van der Waals surface area contributed by atoms with E-state index in [1.54, 1.807) is 15.8 Å². The van der Waals surface area contributed by atoms with Crippen molar-refractivity contribution in [2.75, 3.05) is 13.1 Å². The highest BCUT2D eigenvalue weighted by molar-refractivity contribution is 7.07. The van der Waals surface area contributed by atoms with Crippen molar-refractivity contribution in [3.63, 3.8) is 0 Å². The average molecular weight is 411 g/mol. The molecule has 28 heavy (non-hydrogen) atoms. The maximum absolute atomic E-state index is 12.5. The van der Waals surface area contributed by atoms with Crippen molar-refractivity contribution in [2.45, 2.75) is 18.7 Å². The number of carbonyl (C=O) groups excluding carboxylic acids is 1. The molecule has 0 aliphatic carbocycles. The van der Waals surface area contributed by atoms with Crippen LogP contribution in [0.1, 0.15) is 22.8 Å². The van der Waals surface area contributed by atoms with Gasteiger partial charge in [-0.1, -0.05) is 5.16 Å². The fourth-order valence-electron chi connectivity index (χ4n) is 2.70. The molecule has 1 atom stereocenters. The molecule has 0 spiro atoms. The molecule has 4 rings (SSSR count). The van der Waals surface area contributed by atoms with Crippen molar-refractivity contribution in [1.29, 1.82) is 0 Å². The fraction of sp³-hybridized carbons (Fsp3) is 0.312.